The van der Waals surface area contributed by atoms with E-state index in [0.717, 1.165) is 26.5 Å². The molecule has 1 aromatic heterocycles. The van der Waals surface area contributed by atoms with Crippen LogP contribution < -0.4 is 15.3 Å². The molecular weight excluding hydrogens is 464 g/mol. The molecular formula is C26H28N4O4S. The van der Waals surface area contributed by atoms with Gasteiger partial charge in [0.05, 0.1) is 21.6 Å². The maximum Gasteiger partial charge on any atom is 0.328 e. The summed E-state index contributed by atoms with van der Waals surface area (Å²) in [5, 5.41) is 2.79. The van der Waals surface area contributed by atoms with Crippen molar-refractivity contribution < 1.29 is 13.2 Å². The Morgan fingerprint density at radius 3 is 2.26 bits per heavy atom. The Hall–Kier alpha value is -3.85. The predicted octanol–water partition coefficient (Wildman–Crippen LogP) is 3.64. The molecule has 1 heterocycles. The highest BCUT2D eigenvalue weighted by Crippen LogP contribution is 2.29. The van der Waals surface area contributed by atoms with Gasteiger partial charge in [-0.1, -0.05) is 29.8 Å². The number of aromatic nitrogens is 2. The van der Waals surface area contributed by atoms with Crippen molar-refractivity contribution in [3.05, 3.63) is 87.8 Å². The number of hydrogen-bond acceptors (Lipinski definition) is 4. The van der Waals surface area contributed by atoms with Crippen LogP contribution in [-0.2, 0) is 28.9 Å². The van der Waals surface area contributed by atoms with Crippen LogP contribution in [0.2, 0.25) is 0 Å². The summed E-state index contributed by atoms with van der Waals surface area (Å²) in [4.78, 5) is 25.5. The first-order chi connectivity index (χ1) is 16.5. The molecule has 35 heavy (non-hydrogen) atoms. The van der Waals surface area contributed by atoms with Crippen molar-refractivity contribution >= 4 is 38.3 Å². The second-order valence-electron chi connectivity index (χ2n) is 8.70. The van der Waals surface area contributed by atoms with Crippen molar-refractivity contribution in [1.29, 1.82) is 0 Å². The third kappa shape index (κ3) is 4.46. The Morgan fingerprint density at radius 2 is 1.57 bits per heavy atom. The molecule has 0 spiro atoms. The van der Waals surface area contributed by atoms with Crippen LogP contribution in [0.4, 0.5) is 11.4 Å². The number of rotatable bonds is 6. The van der Waals surface area contributed by atoms with Crippen molar-refractivity contribution in [2.75, 3.05) is 16.2 Å². The minimum absolute atomic E-state index is 0.109. The fourth-order valence-electron chi connectivity index (χ4n) is 4.06. The Kier molecular flexibility index (Phi) is 6.29. The average molecular weight is 493 g/mol. The fraction of sp³-hybridized carbons (Fsp3) is 0.231. The Labute approximate surface area is 204 Å². The minimum atomic E-state index is -4.02. The zero-order valence-corrected chi connectivity index (χ0v) is 21.2. The number of carbonyl (C=O) groups is 1. The summed E-state index contributed by atoms with van der Waals surface area (Å²) >= 11 is 0. The largest absolute Gasteiger partial charge is 0.328 e. The van der Waals surface area contributed by atoms with Gasteiger partial charge in [0.1, 0.15) is 6.54 Å². The Morgan fingerprint density at radius 1 is 0.914 bits per heavy atom. The first kappa shape index (κ1) is 24.3. The van der Waals surface area contributed by atoms with E-state index in [1.165, 1.54) is 9.13 Å². The van der Waals surface area contributed by atoms with Crippen LogP contribution >= 0.6 is 0 Å². The van der Waals surface area contributed by atoms with Gasteiger partial charge in [-0.3, -0.25) is 18.2 Å². The van der Waals surface area contributed by atoms with Gasteiger partial charge in [-0.05, 0) is 68.3 Å². The predicted molar refractivity (Wildman–Crippen MR) is 138 cm³/mol. The summed E-state index contributed by atoms with van der Waals surface area (Å²) in [7, 11) is -0.677. The summed E-state index contributed by atoms with van der Waals surface area (Å²) in [5.74, 6) is -0.498. The number of amides is 1. The number of fused-ring (bicyclic) bond motifs is 1. The number of sulfonamides is 1. The molecule has 3 aromatic carbocycles. The zero-order valence-electron chi connectivity index (χ0n) is 20.4. The van der Waals surface area contributed by atoms with E-state index in [9.17, 15) is 18.0 Å². The van der Waals surface area contributed by atoms with Gasteiger partial charge >= 0.3 is 5.69 Å². The van der Waals surface area contributed by atoms with Crippen LogP contribution in [0.25, 0.3) is 11.0 Å². The van der Waals surface area contributed by atoms with Gasteiger partial charge in [-0.15, -0.1) is 0 Å². The molecule has 9 heteroatoms. The van der Waals surface area contributed by atoms with Gasteiger partial charge in [0.2, 0.25) is 5.91 Å². The molecule has 0 radical (unpaired) electrons. The number of carbonyl (C=O) groups excluding carboxylic acids is 1. The molecule has 0 bridgehead atoms. The maximum absolute atomic E-state index is 13.7. The number of aryl methyl sites for hydroxylation is 4. The standard InChI is InChI=1S/C26H28N4O4S/c1-17-9-12-21(13-10-17)35(33,34)30(22-8-6-7-18(2)19(22)3)16-25(31)27-20-11-14-23-24(15-20)29(5)26(32)28(23)4/h6-15H,16H2,1-5H3,(H,27,31). The van der Waals surface area contributed by atoms with E-state index in [-0.39, 0.29) is 10.6 Å². The van der Waals surface area contributed by atoms with E-state index in [1.54, 1.807) is 68.7 Å². The van der Waals surface area contributed by atoms with Gasteiger partial charge < -0.3 is 5.32 Å². The third-order valence-electron chi connectivity index (χ3n) is 6.30. The quantitative estimate of drug-likeness (QED) is 0.445. The van der Waals surface area contributed by atoms with Crippen LogP contribution in [0.5, 0.6) is 0 Å². The van der Waals surface area contributed by atoms with Gasteiger partial charge in [-0.2, -0.15) is 0 Å². The fourth-order valence-corrected chi connectivity index (χ4v) is 5.54. The van der Waals surface area contributed by atoms with Crippen molar-refractivity contribution in [1.82, 2.24) is 9.13 Å². The molecule has 0 saturated carbocycles. The monoisotopic (exact) mass is 492 g/mol. The second kappa shape index (κ2) is 9.07. The van der Waals surface area contributed by atoms with E-state index in [4.69, 9.17) is 0 Å². The summed E-state index contributed by atoms with van der Waals surface area (Å²) < 4.78 is 31.5. The molecule has 0 aliphatic heterocycles. The number of imidazole rings is 1. The number of nitrogens with one attached hydrogen (secondary N) is 1. The van der Waals surface area contributed by atoms with E-state index in [2.05, 4.69) is 5.32 Å². The molecule has 182 valence electrons. The number of hydrogen-bond donors (Lipinski definition) is 1. The molecule has 0 unspecified atom stereocenters. The van der Waals surface area contributed by atoms with Crippen molar-refractivity contribution in [2.45, 2.75) is 25.7 Å². The SMILES string of the molecule is Cc1ccc(S(=O)(=O)N(CC(=O)Nc2ccc3c(c2)n(C)c(=O)n3C)c2cccc(C)c2C)cc1. The minimum Gasteiger partial charge on any atom is -0.324 e. The normalized spacial score (nSPS) is 11.6. The lowest BCUT2D eigenvalue weighted by Crippen LogP contribution is -2.38. The summed E-state index contributed by atoms with van der Waals surface area (Å²) in [5.41, 5.74) is 4.76. The van der Waals surface area contributed by atoms with Gasteiger partial charge in [-0.25, -0.2) is 13.2 Å². The first-order valence-electron chi connectivity index (χ1n) is 11.1. The molecule has 0 fully saturated rings. The third-order valence-corrected chi connectivity index (χ3v) is 8.07. The van der Waals surface area contributed by atoms with Crippen molar-refractivity contribution in [2.24, 2.45) is 14.1 Å². The molecule has 0 atom stereocenters. The second-order valence-corrected chi connectivity index (χ2v) is 10.6. The lowest BCUT2D eigenvalue weighted by molar-refractivity contribution is -0.114. The molecule has 8 nitrogen and oxygen atoms in total. The van der Waals surface area contributed by atoms with E-state index >= 15 is 0 Å². The Bertz CT molecular complexity index is 1600. The van der Waals surface area contributed by atoms with Crippen LogP contribution in [-0.4, -0.2) is 30.0 Å². The molecule has 0 aliphatic rings. The maximum atomic E-state index is 13.7. The smallest absolute Gasteiger partial charge is 0.324 e. The van der Waals surface area contributed by atoms with E-state index in [1.807, 2.05) is 26.8 Å². The van der Waals surface area contributed by atoms with Crippen LogP contribution in [0.3, 0.4) is 0 Å². The van der Waals surface area contributed by atoms with Crippen LogP contribution in [0.1, 0.15) is 16.7 Å². The van der Waals surface area contributed by atoms with E-state index in [0.29, 0.717) is 16.9 Å². The van der Waals surface area contributed by atoms with Crippen molar-refractivity contribution in [3.8, 4) is 0 Å². The molecule has 0 saturated heterocycles. The number of benzene rings is 3. The molecule has 1 N–H and O–H groups in total. The molecule has 4 rings (SSSR count). The average Bonchev–Trinajstić information content (AvgIpc) is 3.03. The van der Waals surface area contributed by atoms with Crippen LogP contribution in [0.15, 0.2) is 70.4 Å². The highest BCUT2D eigenvalue weighted by Gasteiger charge is 2.28. The van der Waals surface area contributed by atoms with Gasteiger partial charge in [0, 0.05) is 19.8 Å². The topological polar surface area (TPSA) is 93.4 Å². The zero-order chi connectivity index (χ0) is 25.5. The van der Waals surface area contributed by atoms with Crippen molar-refractivity contribution in [3.63, 3.8) is 0 Å². The molecule has 4 aromatic rings. The summed E-state index contributed by atoms with van der Waals surface area (Å²) in [6.45, 7) is 5.21. The molecule has 0 aliphatic carbocycles. The first-order valence-corrected chi connectivity index (χ1v) is 12.6. The lowest BCUT2D eigenvalue weighted by Gasteiger charge is -2.26. The number of anilines is 2. The van der Waals surface area contributed by atoms with Gasteiger partial charge in [0.15, 0.2) is 0 Å². The number of nitrogens with zero attached hydrogens (tertiary/aromatic N) is 3. The Balaban J connectivity index is 1.70. The van der Waals surface area contributed by atoms with Crippen LogP contribution in [0, 0.1) is 20.8 Å². The molecule has 1 amide bonds. The highest BCUT2D eigenvalue weighted by molar-refractivity contribution is 7.92. The highest BCUT2D eigenvalue weighted by atomic mass is 32.2. The van der Waals surface area contributed by atoms with E-state index < -0.39 is 22.5 Å². The summed E-state index contributed by atoms with van der Waals surface area (Å²) in [6, 6.07) is 17.1. The van der Waals surface area contributed by atoms with Gasteiger partial charge in [0.25, 0.3) is 10.0 Å². The lowest BCUT2D eigenvalue weighted by atomic mass is 10.1. The summed E-state index contributed by atoms with van der Waals surface area (Å²) in [6.07, 6.45) is 0.